The second-order valence-electron chi connectivity index (χ2n) is 9.60. The van der Waals surface area contributed by atoms with Crippen LogP contribution in [0.4, 0.5) is 4.79 Å². The van der Waals surface area contributed by atoms with Crippen LogP contribution in [-0.2, 0) is 9.47 Å². The third kappa shape index (κ3) is 6.72. The number of fused-ring (bicyclic) bond motifs is 2. The summed E-state index contributed by atoms with van der Waals surface area (Å²) in [6.07, 6.45) is 2.02. The summed E-state index contributed by atoms with van der Waals surface area (Å²) in [5.74, 6) is -2.43. The van der Waals surface area contributed by atoms with Gasteiger partial charge in [-0.05, 0) is 38.5 Å². The van der Waals surface area contributed by atoms with Crippen molar-refractivity contribution in [1.82, 2.24) is 9.80 Å². The molecular weight excluding hydrogens is 748 g/mol. The predicted molar refractivity (Wildman–Crippen MR) is 169 cm³/mol. The Balaban J connectivity index is 1.09. The summed E-state index contributed by atoms with van der Waals surface area (Å²) in [7, 11) is 0. The molecule has 4 amide bonds. The van der Waals surface area contributed by atoms with Gasteiger partial charge in [-0.25, -0.2) is 4.79 Å². The van der Waals surface area contributed by atoms with Crippen LogP contribution in [-0.4, -0.2) is 65.9 Å². The van der Waals surface area contributed by atoms with E-state index in [1.807, 2.05) is 0 Å². The third-order valence-electron chi connectivity index (χ3n) is 6.86. The number of hydrogen-bond donors (Lipinski definition) is 0. The van der Waals surface area contributed by atoms with Gasteiger partial charge in [0.05, 0.1) is 75.6 Å². The molecule has 17 heteroatoms. The fourth-order valence-electron chi connectivity index (χ4n) is 4.65. The van der Waals surface area contributed by atoms with Crippen molar-refractivity contribution in [2.75, 3.05) is 26.3 Å². The van der Waals surface area contributed by atoms with Crippen LogP contribution >= 0.6 is 92.8 Å². The minimum absolute atomic E-state index is 0.0721. The molecule has 0 aromatic heterocycles. The van der Waals surface area contributed by atoms with E-state index in [9.17, 15) is 24.0 Å². The molecule has 2 heterocycles. The first-order valence-corrected chi connectivity index (χ1v) is 16.1. The first kappa shape index (κ1) is 35.2. The van der Waals surface area contributed by atoms with E-state index in [4.69, 9.17) is 102 Å². The summed E-state index contributed by atoms with van der Waals surface area (Å²) >= 11 is 48.6. The lowest BCUT2D eigenvalue weighted by Gasteiger charge is -2.14. The second kappa shape index (κ2) is 14.8. The van der Waals surface area contributed by atoms with Crippen LogP contribution in [0.1, 0.15) is 80.0 Å². The van der Waals surface area contributed by atoms with Gasteiger partial charge in [-0.15, -0.1) is 0 Å². The van der Waals surface area contributed by atoms with Gasteiger partial charge in [0, 0.05) is 13.1 Å². The Kier molecular flexibility index (Phi) is 11.8. The van der Waals surface area contributed by atoms with E-state index in [-0.39, 0.29) is 88.7 Å². The number of unbranched alkanes of at least 4 members (excludes halogenated alkanes) is 4. The van der Waals surface area contributed by atoms with Crippen LogP contribution in [0.5, 0.6) is 0 Å². The van der Waals surface area contributed by atoms with Gasteiger partial charge in [0.1, 0.15) is 0 Å². The van der Waals surface area contributed by atoms with Gasteiger partial charge in [-0.3, -0.25) is 29.0 Å². The Morgan fingerprint density at radius 3 is 0.977 bits per heavy atom. The second-order valence-corrected chi connectivity index (χ2v) is 12.6. The van der Waals surface area contributed by atoms with Crippen molar-refractivity contribution in [2.24, 2.45) is 0 Å². The van der Waals surface area contributed by atoms with E-state index in [1.54, 1.807) is 0 Å². The zero-order valence-corrected chi connectivity index (χ0v) is 28.4. The van der Waals surface area contributed by atoms with Gasteiger partial charge in [0.25, 0.3) is 23.6 Å². The molecule has 0 radical (unpaired) electrons. The van der Waals surface area contributed by atoms with Gasteiger partial charge in [0.2, 0.25) is 0 Å². The monoisotopic (exact) mass is 764 g/mol. The van der Waals surface area contributed by atoms with Crippen molar-refractivity contribution in [3.05, 3.63) is 62.4 Å². The highest BCUT2D eigenvalue weighted by Crippen LogP contribution is 2.46. The molecule has 9 nitrogen and oxygen atoms in total. The fourth-order valence-corrected chi connectivity index (χ4v) is 6.68. The molecule has 0 fully saturated rings. The van der Waals surface area contributed by atoms with Crippen molar-refractivity contribution < 1.29 is 33.4 Å². The summed E-state index contributed by atoms with van der Waals surface area (Å²) < 4.78 is 10.1. The molecule has 0 saturated heterocycles. The molecule has 2 aliphatic rings. The standard InChI is InChI=1S/C27H20Cl8N2O7/c28-15-11-12(16(29)20(33)19(15)32)24(39)36(23(11)38)7-3-1-5-9-43-27(42)44-10-6-2-4-8-37-25(40)13-14(26(37)41)18(31)22(35)21(34)17(13)30/h1-10H2. The first-order valence-electron chi connectivity index (χ1n) is 13.0. The molecule has 2 aliphatic heterocycles. The number of ether oxygens (including phenoxy) is 2. The number of amides is 4. The van der Waals surface area contributed by atoms with Crippen molar-refractivity contribution in [3.63, 3.8) is 0 Å². The van der Waals surface area contributed by atoms with Crippen molar-refractivity contribution >= 4 is 123 Å². The largest absolute Gasteiger partial charge is 0.508 e. The SMILES string of the molecule is O=C(OCCCCCN1C(=O)c2c(Cl)c(Cl)c(Cl)c(Cl)c2C1=O)OCCCCCN1C(=O)c2c(Cl)c(Cl)c(Cl)c(Cl)c2C1=O. The summed E-state index contributed by atoms with van der Waals surface area (Å²) in [4.78, 5) is 64.8. The number of imide groups is 2. The molecule has 0 N–H and O–H groups in total. The lowest BCUT2D eigenvalue weighted by molar-refractivity contribution is 0.0527. The van der Waals surface area contributed by atoms with E-state index in [0.717, 1.165) is 9.80 Å². The molecule has 2 aromatic rings. The smallest absolute Gasteiger partial charge is 0.434 e. The fraction of sp³-hybridized carbons (Fsp3) is 0.370. The number of halogens is 8. The number of carbonyl (C=O) groups excluding carboxylic acids is 5. The van der Waals surface area contributed by atoms with Crippen LogP contribution in [0.2, 0.25) is 40.2 Å². The van der Waals surface area contributed by atoms with Gasteiger partial charge in [-0.2, -0.15) is 0 Å². The molecule has 0 saturated carbocycles. The minimum atomic E-state index is -0.846. The summed E-state index contributed by atoms with van der Waals surface area (Å²) in [6.45, 7) is 0.341. The Labute approximate surface area is 291 Å². The normalized spacial score (nSPS) is 14.1. The molecule has 44 heavy (non-hydrogen) atoms. The first-order chi connectivity index (χ1) is 20.8. The number of hydrogen-bond acceptors (Lipinski definition) is 7. The highest BCUT2D eigenvalue weighted by Gasteiger charge is 2.42. The lowest BCUT2D eigenvalue weighted by atomic mass is 10.1. The number of rotatable bonds is 12. The maximum absolute atomic E-state index is 12.7. The van der Waals surface area contributed by atoms with E-state index in [1.165, 1.54) is 0 Å². The Bertz CT molecular complexity index is 1380. The van der Waals surface area contributed by atoms with E-state index in [2.05, 4.69) is 0 Å². The third-order valence-corrected chi connectivity index (χ3v) is 10.5. The molecule has 4 rings (SSSR count). The molecule has 236 valence electrons. The van der Waals surface area contributed by atoms with E-state index >= 15 is 0 Å². The van der Waals surface area contributed by atoms with Crippen LogP contribution in [0.3, 0.4) is 0 Å². The van der Waals surface area contributed by atoms with Crippen LogP contribution in [0.15, 0.2) is 0 Å². The highest BCUT2D eigenvalue weighted by molar-refractivity contribution is 6.56. The highest BCUT2D eigenvalue weighted by atomic mass is 35.5. The van der Waals surface area contributed by atoms with Gasteiger partial charge in [-0.1, -0.05) is 92.8 Å². The average Bonchev–Trinajstić information content (AvgIpc) is 3.39. The van der Waals surface area contributed by atoms with Crippen LogP contribution < -0.4 is 0 Å². The van der Waals surface area contributed by atoms with Crippen LogP contribution in [0, 0.1) is 0 Å². The molecule has 0 unspecified atom stereocenters. The minimum Gasteiger partial charge on any atom is -0.434 e. The Morgan fingerprint density at radius 1 is 0.432 bits per heavy atom. The zero-order valence-electron chi connectivity index (χ0n) is 22.3. The maximum atomic E-state index is 12.7. The molecule has 0 spiro atoms. The number of nitrogens with zero attached hydrogens (tertiary/aromatic N) is 2. The molecule has 0 aliphatic carbocycles. The maximum Gasteiger partial charge on any atom is 0.508 e. The number of carbonyl (C=O) groups is 5. The summed E-state index contributed by atoms with van der Waals surface area (Å²) in [5.41, 5.74) is -0.292. The van der Waals surface area contributed by atoms with Gasteiger partial charge in [0.15, 0.2) is 0 Å². The summed E-state index contributed by atoms with van der Waals surface area (Å²) in [6, 6.07) is 0. The Morgan fingerprint density at radius 2 is 0.705 bits per heavy atom. The van der Waals surface area contributed by atoms with Crippen LogP contribution in [0.25, 0.3) is 0 Å². The predicted octanol–water partition coefficient (Wildman–Crippen LogP) is 9.30. The van der Waals surface area contributed by atoms with Crippen molar-refractivity contribution in [2.45, 2.75) is 38.5 Å². The van der Waals surface area contributed by atoms with E-state index < -0.39 is 29.8 Å². The summed E-state index contributed by atoms with van der Waals surface area (Å²) in [5, 5.41) is -0.896. The van der Waals surface area contributed by atoms with Crippen molar-refractivity contribution in [1.29, 1.82) is 0 Å². The Hall–Kier alpha value is -1.69. The molecule has 2 aromatic carbocycles. The van der Waals surface area contributed by atoms with Crippen molar-refractivity contribution in [3.8, 4) is 0 Å². The molecule has 0 bridgehead atoms. The number of benzene rings is 2. The molecular formula is C27H20Cl8N2O7. The molecule has 0 atom stereocenters. The quantitative estimate of drug-likeness (QED) is 0.0696. The zero-order chi connectivity index (χ0) is 32.5. The topological polar surface area (TPSA) is 110 Å². The average molecular weight is 768 g/mol. The lowest BCUT2D eigenvalue weighted by Crippen LogP contribution is -2.30. The van der Waals surface area contributed by atoms with Gasteiger partial charge < -0.3 is 9.47 Å². The van der Waals surface area contributed by atoms with Gasteiger partial charge >= 0.3 is 6.16 Å². The van der Waals surface area contributed by atoms with E-state index in [0.29, 0.717) is 38.5 Å².